The van der Waals surface area contributed by atoms with Crippen LogP contribution in [0.2, 0.25) is 0 Å². The molecule has 0 amide bonds. The molecule has 4 atom stereocenters. The first-order valence-electron chi connectivity index (χ1n) is 9.38. The minimum atomic E-state index is -1.15. The lowest BCUT2D eigenvalue weighted by Gasteiger charge is -2.36. The largest absolute Gasteiger partial charge is 0.479 e. The number of hydrogen-bond donors (Lipinski definition) is 3. The molecule has 0 aromatic heterocycles. The maximum Gasteiger partial charge on any atom is 0.160 e. The van der Waals surface area contributed by atoms with Crippen molar-refractivity contribution in [3.63, 3.8) is 0 Å². The van der Waals surface area contributed by atoms with E-state index >= 15 is 0 Å². The Morgan fingerprint density at radius 1 is 1.00 bits per heavy atom. The van der Waals surface area contributed by atoms with Gasteiger partial charge in [-0.25, -0.2) is 0 Å². The van der Waals surface area contributed by atoms with Crippen LogP contribution >= 0.6 is 12.2 Å². The van der Waals surface area contributed by atoms with Gasteiger partial charge in [-0.1, -0.05) is 58.3 Å². The van der Waals surface area contributed by atoms with E-state index in [1.54, 1.807) is 0 Å². The van der Waals surface area contributed by atoms with Crippen LogP contribution in [0, 0.1) is 0 Å². The van der Waals surface area contributed by atoms with Gasteiger partial charge in [0.1, 0.15) is 18.3 Å². The molecule has 1 rings (SSSR count). The molecule has 1 aliphatic heterocycles. The van der Waals surface area contributed by atoms with E-state index in [0.29, 0.717) is 11.5 Å². The fourth-order valence-corrected chi connectivity index (χ4v) is 3.20. The molecule has 0 unspecified atom stereocenters. The van der Waals surface area contributed by atoms with E-state index < -0.39 is 24.4 Å². The molecule has 0 saturated carbocycles. The van der Waals surface area contributed by atoms with Crippen molar-refractivity contribution in [1.29, 1.82) is 0 Å². The van der Waals surface area contributed by atoms with Gasteiger partial charge in [-0.3, -0.25) is 0 Å². The third-order valence-electron chi connectivity index (χ3n) is 4.53. The Kier molecular flexibility index (Phi) is 11.8. The SMILES string of the molecule is CCCCCCCCCCCC(=S)O[C@@H]1CO[C@@H](CO)[C@H](O)[C@H]1O. The molecule has 24 heavy (non-hydrogen) atoms. The highest BCUT2D eigenvalue weighted by atomic mass is 32.1. The number of hydrogen-bond acceptors (Lipinski definition) is 6. The second-order valence-corrected chi connectivity index (χ2v) is 7.10. The van der Waals surface area contributed by atoms with Gasteiger partial charge in [0.25, 0.3) is 0 Å². The Hall–Kier alpha value is -0.270. The van der Waals surface area contributed by atoms with Gasteiger partial charge in [0.2, 0.25) is 0 Å². The number of ether oxygens (including phenoxy) is 2. The summed E-state index contributed by atoms with van der Waals surface area (Å²) in [6.45, 7) is 2.03. The van der Waals surface area contributed by atoms with Crippen molar-refractivity contribution in [2.24, 2.45) is 0 Å². The summed E-state index contributed by atoms with van der Waals surface area (Å²) in [6.07, 6.45) is 8.30. The second-order valence-electron chi connectivity index (χ2n) is 6.64. The van der Waals surface area contributed by atoms with E-state index in [1.165, 1.54) is 44.9 Å². The highest BCUT2D eigenvalue weighted by Crippen LogP contribution is 2.19. The number of unbranched alkanes of at least 4 members (excludes halogenated alkanes) is 8. The highest BCUT2D eigenvalue weighted by molar-refractivity contribution is 7.80. The number of aliphatic hydroxyl groups is 3. The molecule has 0 radical (unpaired) electrons. The highest BCUT2D eigenvalue weighted by Gasteiger charge is 2.39. The summed E-state index contributed by atoms with van der Waals surface area (Å²) in [5.74, 6) is 0. The van der Waals surface area contributed by atoms with Crippen molar-refractivity contribution >= 4 is 17.3 Å². The summed E-state index contributed by atoms with van der Waals surface area (Å²) >= 11 is 5.21. The average molecular weight is 363 g/mol. The van der Waals surface area contributed by atoms with Crippen LogP contribution in [0.3, 0.4) is 0 Å². The Labute approximate surface area is 151 Å². The van der Waals surface area contributed by atoms with Gasteiger partial charge >= 0.3 is 0 Å². The van der Waals surface area contributed by atoms with Crippen molar-refractivity contribution in [2.75, 3.05) is 13.2 Å². The van der Waals surface area contributed by atoms with Crippen molar-refractivity contribution in [3.8, 4) is 0 Å². The predicted molar refractivity (Wildman–Crippen MR) is 98.2 cm³/mol. The zero-order chi connectivity index (χ0) is 17.8. The molecule has 6 heteroatoms. The van der Waals surface area contributed by atoms with Crippen LogP contribution in [0.4, 0.5) is 0 Å². The van der Waals surface area contributed by atoms with E-state index in [4.69, 9.17) is 26.8 Å². The molecule has 0 bridgehead atoms. The molecule has 1 aliphatic rings. The number of thiocarbonyl (C=S) groups is 1. The van der Waals surface area contributed by atoms with Gasteiger partial charge in [-0.15, -0.1) is 0 Å². The topological polar surface area (TPSA) is 79.2 Å². The lowest BCUT2D eigenvalue weighted by Crippen LogP contribution is -2.55. The van der Waals surface area contributed by atoms with Crippen LogP contribution < -0.4 is 0 Å². The van der Waals surface area contributed by atoms with Gasteiger partial charge in [-0.05, 0) is 18.6 Å². The van der Waals surface area contributed by atoms with Crippen molar-refractivity contribution in [3.05, 3.63) is 0 Å². The maximum absolute atomic E-state index is 9.99. The molecular formula is C18H34O5S. The molecule has 0 aromatic carbocycles. The van der Waals surface area contributed by atoms with E-state index in [1.807, 2.05) is 0 Å². The smallest absolute Gasteiger partial charge is 0.160 e. The Morgan fingerprint density at radius 2 is 1.58 bits per heavy atom. The Balaban J connectivity index is 2.06. The normalized spacial score (nSPS) is 27.2. The summed E-state index contributed by atoms with van der Waals surface area (Å²) in [7, 11) is 0. The van der Waals surface area contributed by atoms with Crippen molar-refractivity contribution < 1.29 is 24.8 Å². The van der Waals surface area contributed by atoms with Crippen LogP contribution in [0.15, 0.2) is 0 Å². The first-order valence-corrected chi connectivity index (χ1v) is 9.79. The van der Waals surface area contributed by atoms with Gasteiger partial charge in [0.05, 0.1) is 13.2 Å². The quantitative estimate of drug-likeness (QED) is 0.366. The van der Waals surface area contributed by atoms with Crippen molar-refractivity contribution in [2.45, 2.75) is 95.5 Å². The Bertz CT molecular complexity index is 339. The lowest BCUT2D eigenvalue weighted by molar-refractivity contribution is -0.191. The third kappa shape index (κ3) is 8.21. The molecule has 0 aliphatic carbocycles. The summed E-state index contributed by atoms with van der Waals surface area (Å²) in [5.41, 5.74) is 0. The number of rotatable bonds is 12. The van der Waals surface area contributed by atoms with Gasteiger partial charge in [0.15, 0.2) is 11.2 Å². The van der Waals surface area contributed by atoms with Gasteiger partial charge in [0, 0.05) is 6.42 Å². The van der Waals surface area contributed by atoms with Crippen LogP contribution in [-0.4, -0.2) is 58.0 Å². The summed E-state index contributed by atoms with van der Waals surface area (Å²) in [4.78, 5) is 0. The van der Waals surface area contributed by atoms with E-state index in [9.17, 15) is 10.2 Å². The average Bonchev–Trinajstić information content (AvgIpc) is 2.58. The minimum Gasteiger partial charge on any atom is -0.479 e. The molecular weight excluding hydrogens is 328 g/mol. The minimum absolute atomic E-state index is 0.126. The predicted octanol–water partition coefficient (Wildman–Crippen LogP) is 2.73. The summed E-state index contributed by atoms with van der Waals surface area (Å²) in [5, 5.41) is 29.3. The molecule has 142 valence electrons. The summed E-state index contributed by atoms with van der Waals surface area (Å²) < 4.78 is 10.8. The molecule has 3 N–H and O–H groups in total. The first kappa shape index (κ1) is 21.8. The molecule has 0 aromatic rings. The van der Waals surface area contributed by atoms with Crippen LogP contribution in [0.25, 0.3) is 0 Å². The van der Waals surface area contributed by atoms with E-state index in [2.05, 4.69) is 6.92 Å². The van der Waals surface area contributed by atoms with E-state index in [0.717, 1.165) is 12.8 Å². The van der Waals surface area contributed by atoms with Gasteiger partial charge < -0.3 is 24.8 Å². The van der Waals surface area contributed by atoms with E-state index in [-0.39, 0.29) is 13.2 Å². The second kappa shape index (κ2) is 13.0. The van der Waals surface area contributed by atoms with Crippen molar-refractivity contribution in [1.82, 2.24) is 0 Å². The van der Waals surface area contributed by atoms with Crippen LogP contribution in [-0.2, 0) is 9.47 Å². The lowest BCUT2D eigenvalue weighted by atomic mass is 10.0. The zero-order valence-corrected chi connectivity index (χ0v) is 15.7. The fraction of sp³-hybridized carbons (Fsp3) is 0.944. The molecule has 1 fully saturated rings. The zero-order valence-electron chi connectivity index (χ0n) is 14.9. The number of aliphatic hydroxyl groups excluding tert-OH is 3. The molecule has 1 saturated heterocycles. The fourth-order valence-electron chi connectivity index (χ4n) is 2.93. The first-order chi connectivity index (χ1) is 11.6. The third-order valence-corrected chi connectivity index (χ3v) is 4.83. The maximum atomic E-state index is 9.99. The van der Waals surface area contributed by atoms with Crippen LogP contribution in [0.1, 0.15) is 71.1 Å². The standard InChI is InChI=1S/C18H34O5S/c1-2-3-4-5-6-7-8-9-10-11-16(24)23-15-13-22-14(12-19)17(20)18(15)21/h14-15,17-21H,2-13H2,1H3/t14-,15+,17-,18-/m0/s1. The molecule has 5 nitrogen and oxygen atoms in total. The monoisotopic (exact) mass is 362 g/mol. The Morgan fingerprint density at radius 3 is 2.17 bits per heavy atom. The van der Waals surface area contributed by atoms with Crippen LogP contribution in [0.5, 0.6) is 0 Å². The molecule has 1 heterocycles. The van der Waals surface area contributed by atoms with Gasteiger partial charge in [-0.2, -0.15) is 0 Å². The summed E-state index contributed by atoms with van der Waals surface area (Å²) in [6, 6.07) is 0. The molecule has 0 spiro atoms.